The summed E-state index contributed by atoms with van der Waals surface area (Å²) >= 11 is 3.35. The van der Waals surface area contributed by atoms with E-state index in [4.69, 9.17) is 0 Å². The van der Waals surface area contributed by atoms with Gasteiger partial charge in [-0.3, -0.25) is 9.59 Å². The van der Waals surface area contributed by atoms with Gasteiger partial charge in [0.1, 0.15) is 0 Å². The molecule has 1 aromatic rings. The van der Waals surface area contributed by atoms with Crippen LogP contribution in [0.5, 0.6) is 0 Å². The quantitative estimate of drug-likeness (QED) is 0.836. The minimum absolute atomic E-state index is 0.497. The van der Waals surface area contributed by atoms with E-state index in [1.165, 1.54) is 0 Å². The topological polar surface area (TPSA) is 58.2 Å². The van der Waals surface area contributed by atoms with E-state index in [0.717, 1.165) is 16.5 Å². The predicted molar refractivity (Wildman–Crippen MR) is 80.0 cm³/mol. The highest BCUT2D eigenvalue weighted by Crippen LogP contribution is 2.19. The van der Waals surface area contributed by atoms with Crippen LogP contribution in [0.25, 0.3) is 0 Å². The van der Waals surface area contributed by atoms with Crippen LogP contribution in [-0.4, -0.2) is 18.4 Å². The first-order valence-corrected chi connectivity index (χ1v) is 7.04. The average molecular weight is 327 g/mol. The molecule has 0 spiro atoms. The first kappa shape index (κ1) is 15.7. The fraction of sp³-hybridized carbons (Fsp3) is 0.429. The maximum absolute atomic E-state index is 11.7. The number of carbonyl (C=O) groups excluding carboxylic acids is 2. The molecule has 0 saturated carbocycles. The number of aryl methyl sites for hydroxylation is 1. The third-order valence-electron chi connectivity index (χ3n) is 2.65. The van der Waals surface area contributed by atoms with Crippen molar-refractivity contribution in [3.8, 4) is 0 Å². The number of hydrogen-bond acceptors (Lipinski definition) is 2. The average Bonchev–Trinajstić information content (AvgIpc) is 2.32. The molecule has 1 rings (SSSR count). The molecular formula is C14H19BrN2O2. The Morgan fingerprint density at radius 1 is 1.26 bits per heavy atom. The Labute approximate surface area is 122 Å². The van der Waals surface area contributed by atoms with E-state index in [-0.39, 0.29) is 0 Å². The van der Waals surface area contributed by atoms with Crippen molar-refractivity contribution in [1.82, 2.24) is 5.32 Å². The van der Waals surface area contributed by atoms with Crippen LogP contribution in [0.3, 0.4) is 0 Å². The van der Waals surface area contributed by atoms with Crippen LogP contribution in [0.1, 0.15) is 25.8 Å². The molecule has 2 amide bonds. The molecule has 0 aliphatic rings. The molecule has 104 valence electrons. The molecule has 0 aliphatic heterocycles. The van der Waals surface area contributed by atoms with Crippen molar-refractivity contribution < 1.29 is 9.59 Å². The van der Waals surface area contributed by atoms with Crippen molar-refractivity contribution in [1.29, 1.82) is 0 Å². The SMILES string of the molecule is Cc1cc(Br)ccc1NC(=O)C(=O)NCCC(C)C. The van der Waals surface area contributed by atoms with Crippen molar-refractivity contribution >= 4 is 33.4 Å². The third-order valence-corrected chi connectivity index (χ3v) is 3.14. The number of rotatable bonds is 4. The van der Waals surface area contributed by atoms with Crippen LogP contribution in [0.2, 0.25) is 0 Å². The minimum Gasteiger partial charge on any atom is -0.348 e. The molecule has 0 saturated heterocycles. The maximum Gasteiger partial charge on any atom is 0.313 e. The Morgan fingerprint density at radius 2 is 1.95 bits per heavy atom. The van der Waals surface area contributed by atoms with E-state index in [9.17, 15) is 9.59 Å². The second kappa shape index (κ2) is 7.28. The highest BCUT2D eigenvalue weighted by Gasteiger charge is 2.14. The number of anilines is 1. The summed E-state index contributed by atoms with van der Waals surface area (Å²) in [6, 6.07) is 5.46. The molecule has 0 atom stereocenters. The Kier molecular flexibility index (Phi) is 6.02. The molecule has 2 N–H and O–H groups in total. The van der Waals surface area contributed by atoms with Crippen LogP contribution in [0.15, 0.2) is 22.7 Å². The fourth-order valence-corrected chi connectivity index (χ4v) is 1.98. The van der Waals surface area contributed by atoms with Gasteiger partial charge in [-0.1, -0.05) is 29.8 Å². The van der Waals surface area contributed by atoms with Gasteiger partial charge < -0.3 is 10.6 Å². The Balaban J connectivity index is 2.52. The van der Waals surface area contributed by atoms with Crippen molar-refractivity contribution in [2.75, 3.05) is 11.9 Å². The van der Waals surface area contributed by atoms with Gasteiger partial charge in [-0.25, -0.2) is 0 Å². The van der Waals surface area contributed by atoms with Gasteiger partial charge in [-0.15, -0.1) is 0 Å². The molecule has 5 heteroatoms. The van der Waals surface area contributed by atoms with Crippen LogP contribution >= 0.6 is 15.9 Å². The van der Waals surface area contributed by atoms with Gasteiger partial charge in [0.2, 0.25) is 0 Å². The zero-order chi connectivity index (χ0) is 14.4. The van der Waals surface area contributed by atoms with E-state index >= 15 is 0 Å². The second-order valence-corrected chi connectivity index (χ2v) is 5.77. The summed E-state index contributed by atoms with van der Waals surface area (Å²) < 4.78 is 0.935. The number of halogens is 1. The van der Waals surface area contributed by atoms with Gasteiger partial charge in [0.05, 0.1) is 0 Å². The van der Waals surface area contributed by atoms with Gasteiger partial charge >= 0.3 is 11.8 Å². The molecule has 1 aromatic carbocycles. The zero-order valence-electron chi connectivity index (χ0n) is 11.4. The lowest BCUT2D eigenvalue weighted by molar-refractivity contribution is -0.136. The monoisotopic (exact) mass is 326 g/mol. The first-order chi connectivity index (χ1) is 8.90. The van der Waals surface area contributed by atoms with Crippen molar-refractivity contribution in [2.45, 2.75) is 27.2 Å². The normalized spacial score (nSPS) is 10.4. The lowest BCUT2D eigenvalue weighted by Gasteiger charge is -2.09. The molecule has 0 unspecified atom stereocenters. The number of hydrogen-bond donors (Lipinski definition) is 2. The smallest absolute Gasteiger partial charge is 0.313 e. The van der Waals surface area contributed by atoms with E-state index in [0.29, 0.717) is 18.2 Å². The molecule has 0 aliphatic carbocycles. The minimum atomic E-state index is -0.630. The highest BCUT2D eigenvalue weighted by molar-refractivity contribution is 9.10. The van der Waals surface area contributed by atoms with Gasteiger partial charge in [0.15, 0.2) is 0 Å². The van der Waals surface area contributed by atoms with E-state index < -0.39 is 11.8 Å². The van der Waals surface area contributed by atoms with Gasteiger partial charge in [0.25, 0.3) is 0 Å². The summed E-state index contributed by atoms with van der Waals surface area (Å²) in [4.78, 5) is 23.3. The fourth-order valence-electron chi connectivity index (χ4n) is 1.50. The van der Waals surface area contributed by atoms with E-state index in [1.54, 1.807) is 6.07 Å². The summed E-state index contributed by atoms with van der Waals surface area (Å²) in [6.45, 7) is 6.52. The number of nitrogens with one attached hydrogen (secondary N) is 2. The molecule has 0 bridgehead atoms. The lowest BCUT2D eigenvalue weighted by Crippen LogP contribution is -2.36. The van der Waals surface area contributed by atoms with Gasteiger partial charge in [0, 0.05) is 16.7 Å². The Bertz CT molecular complexity index is 473. The van der Waals surface area contributed by atoms with Crippen LogP contribution in [0.4, 0.5) is 5.69 Å². The summed E-state index contributed by atoms with van der Waals surface area (Å²) in [7, 11) is 0. The maximum atomic E-state index is 11.7. The van der Waals surface area contributed by atoms with Crippen molar-refractivity contribution in [2.24, 2.45) is 5.92 Å². The van der Waals surface area contributed by atoms with Crippen LogP contribution in [-0.2, 0) is 9.59 Å². The molecule has 0 heterocycles. The van der Waals surface area contributed by atoms with Gasteiger partial charge in [-0.2, -0.15) is 0 Å². The summed E-state index contributed by atoms with van der Waals surface area (Å²) in [6.07, 6.45) is 0.857. The molecule has 4 nitrogen and oxygen atoms in total. The number of benzene rings is 1. The Morgan fingerprint density at radius 3 is 2.53 bits per heavy atom. The second-order valence-electron chi connectivity index (χ2n) is 4.85. The Hall–Kier alpha value is -1.36. The number of carbonyl (C=O) groups is 2. The largest absolute Gasteiger partial charge is 0.348 e. The molecule has 19 heavy (non-hydrogen) atoms. The van der Waals surface area contributed by atoms with Crippen LogP contribution in [0, 0.1) is 12.8 Å². The summed E-state index contributed by atoms with van der Waals surface area (Å²) in [5.74, 6) is -0.728. The molecule has 0 radical (unpaired) electrons. The van der Waals surface area contributed by atoms with E-state index in [2.05, 4.69) is 40.4 Å². The molecular weight excluding hydrogens is 308 g/mol. The van der Waals surface area contributed by atoms with Crippen molar-refractivity contribution in [3.63, 3.8) is 0 Å². The third kappa shape index (κ3) is 5.42. The van der Waals surface area contributed by atoms with E-state index in [1.807, 2.05) is 19.1 Å². The lowest BCUT2D eigenvalue weighted by atomic mass is 10.1. The number of amides is 2. The standard InChI is InChI=1S/C14H19BrN2O2/c1-9(2)6-7-16-13(18)14(19)17-12-5-4-11(15)8-10(12)3/h4-5,8-9H,6-7H2,1-3H3,(H,16,18)(H,17,19). The van der Waals surface area contributed by atoms with Gasteiger partial charge in [-0.05, 0) is 43.0 Å². The summed E-state index contributed by atoms with van der Waals surface area (Å²) in [5, 5.41) is 5.21. The first-order valence-electron chi connectivity index (χ1n) is 6.25. The molecule has 0 fully saturated rings. The van der Waals surface area contributed by atoms with Crippen LogP contribution < -0.4 is 10.6 Å². The summed E-state index contributed by atoms with van der Waals surface area (Å²) in [5.41, 5.74) is 1.55. The van der Waals surface area contributed by atoms with Crippen molar-refractivity contribution in [3.05, 3.63) is 28.2 Å². The zero-order valence-corrected chi connectivity index (χ0v) is 13.0. The highest BCUT2D eigenvalue weighted by atomic mass is 79.9. The molecule has 0 aromatic heterocycles. The predicted octanol–water partition coefficient (Wildman–Crippen LogP) is 2.86.